The topological polar surface area (TPSA) is 0 Å². The van der Waals surface area contributed by atoms with Crippen LogP contribution in [0.4, 0.5) is 0 Å². The Bertz CT molecular complexity index is 180. The largest absolute Gasteiger partial charge is 2.00 e. The van der Waals surface area contributed by atoms with Crippen molar-refractivity contribution in [3.05, 3.63) is 13.8 Å². The van der Waals surface area contributed by atoms with Gasteiger partial charge in [0.1, 0.15) is 0 Å². The first-order chi connectivity index (χ1) is 11.6. The molecule has 0 N–H and O–H groups in total. The zero-order chi connectivity index (χ0) is 18.5. The van der Waals surface area contributed by atoms with Crippen LogP contribution in [0, 0.1) is 25.7 Å². The van der Waals surface area contributed by atoms with Gasteiger partial charge in [0.25, 0.3) is 0 Å². The van der Waals surface area contributed by atoms with Crippen LogP contribution in [-0.2, 0) is 27.3 Å². The number of hydrogen-bond donors (Lipinski definition) is 0. The Kier molecular flexibility index (Phi) is 33.3. The smallest absolute Gasteiger partial charge is 0.343 e. The van der Waals surface area contributed by atoms with Crippen LogP contribution >= 0.6 is 0 Å². The zero-order valence-electron chi connectivity index (χ0n) is 18.6. The molecule has 0 bridgehead atoms. The summed E-state index contributed by atoms with van der Waals surface area (Å²) in [6.45, 7) is 17.0. The second-order valence-electron chi connectivity index (χ2n) is 7.90. The van der Waals surface area contributed by atoms with E-state index in [1.165, 1.54) is 89.9 Å². The van der Waals surface area contributed by atoms with Gasteiger partial charge in [-0.05, 0) is 11.8 Å². The Morgan fingerprint density at radius 1 is 0.520 bits per heavy atom. The molecule has 0 aliphatic carbocycles. The monoisotopic (exact) mass is 452 g/mol. The van der Waals surface area contributed by atoms with Crippen LogP contribution in [0.25, 0.3) is 0 Å². The SMILES string of the molecule is [CH2-]CCCC(C)CCCCCC.[CH2-]CCCC(C)CCCCCC.[Cd+2]. The molecule has 0 saturated carbocycles. The van der Waals surface area contributed by atoms with Gasteiger partial charge in [-0.2, -0.15) is 12.8 Å². The first-order valence-electron chi connectivity index (χ1n) is 11.2. The summed E-state index contributed by atoms with van der Waals surface area (Å²) in [4.78, 5) is 0. The molecular formula is C24H50Cd. The second kappa shape index (κ2) is 27.1. The molecule has 2 atom stereocenters. The summed E-state index contributed by atoms with van der Waals surface area (Å²) in [6, 6.07) is 0. The maximum Gasteiger partial charge on any atom is 2.00 e. The molecule has 0 heterocycles. The van der Waals surface area contributed by atoms with Crippen LogP contribution in [0.15, 0.2) is 0 Å². The van der Waals surface area contributed by atoms with E-state index in [-0.39, 0.29) is 27.3 Å². The van der Waals surface area contributed by atoms with Crippen molar-refractivity contribution in [2.75, 3.05) is 0 Å². The summed E-state index contributed by atoms with van der Waals surface area (Å²) in [5.41, 5.74) is 0. The van der Waals surface area contributed by atoms with Crippen molar-refractivity contribution in [2.45, 2.75) is 130 Å². The van der Waals surface area contributed by atoms with E-state index in [1.807, 2.05) is 0 Å². The first-order valence-corrected chi connectivity index (χ1v) is 11.2. The quantitative estimate of drug-likeness (QED) is 0.125. The van der Waals surface area contributed by atoms with Gasteiger partial charge < -0.3 is 13.8 Å². The Hall–Kier alpha value is 0.922. The van der Waals surface area contributed by atoms with Gasteiger partial charge in [0, 0.05) is 0 Å². The minimum Gasteiger partial charge on any atom is -0.343 e. The molecule has 1 heteroatoms. The summed E-state index contributed by atoms with van der Waals surface area (Å²) >= 11 is 0. The maximum absolute atomic E-state index is 3.87. The summed E-state index contributed by atoms with van der Waals surface area (Å²) in [7, 11) is 0. The molecule has 0 aliphatic heterocycles. The predicted octanol–water partition coefficient (Wildman–Crippen LogP) is 9.19. The number of rotatable bonds is 16. The molecule has 0 radical (unpaired) electrons. The molecule has 0 amide bonds. The van der Waals surface area contributed by atoms with Gasteiger partial charge in [-0.3, -0.25) is 0 Å². The van der Waals surface area contributed by atoms with Gasteiger partial charge in [0.05, 0.1) is 0 Å². The van der Waals surface area contributed by atoms with E-state index in [4.69, 9.17) is 0 Å². The Balaban J connectivity index is -0.000000372. The zero-order valence-corrected chi connectivity index (χ0v) is 22.6. The average molecular weight is 451 g/mol. The van der Waals surface area contributed by atoms with Gasteiger partial charge in [0.15, 0.2) is 0 Å². The van der Waals surface area contributed by atoms with E-state index in [0.717, 1.165) is 24.7 Å². The summed E-state index contributed by atoms with van der Waals surface area (Å²) < 4.78 is 0. The van der Waals surface area contributed by atoms with Crippen molar-refractivity contribution in [2.24, 2.45) is 11.8 Å². The molecule has 0 aromatic carbocycles. The predicted molar refractivity (Wildman–Crippen MR) is 114 cm³/mol. The normalized spacial score (nSPS) is 12.7. The van der Waals surface area contributed by atoms with Crippen LogP contribution in [-0.4, -0.2) is 0 Å². The van der Waals surface area contributed by atoms with E-state index in [0.29, 0.717) is 0 Å². The molecule has 0 fully saturated rings. The standard InChI is InChI=1S/2C12H25.Cd/c2*1-4-6-8-9-11-12(3)10-7-5-2;/h2*12H,2,4-11H2,1,3H3;/q2*-1;+2. The summed E-state index contributed by atoms with van der Waals surface area (Å²) in [5, 5.41) is 0. The van der Waals surface area contributed by atoms with E-state index < -0.39 is 0 Å². The van der Waals surface area contributed by atoms with E-state index in [2.05, 4.69) is 41.5 Å². The van der Waals surface area contributed by atoms with Gasteiger partial charge in [-0.15, -0.1) is 0 Å². The minimum atomic E-state index is 0. The van der Waals surface area contributed by atoms with Crippen molar-refractivity contribution in [1.82, 2.24) is 0 Å². The van der Waals surface area contributed by atoms with E-state index in [9.17, 15) is 0 Å². The summed E-state index contributed by atoms with van der Waals surface area (Å²) in [5.74, 6) is 1.87. The Morgan fingerprint density at radius 2 is 0.840 bits per heavy atom. The Morgan fingerprint density at radius 3 is 1.12 bits per heavy atom. The molecule has 0 saturated heterocycles. The second-order valence-corrected chi connectivity index (χ2v) is 7.90. The minimum absolute atomic E-state index is 0. The average Bonchev–Trinajstić information content (AvgIpc) is 2.59. The van der Waals surface area contributed by atoms with Gasteiger partial charge in [0.2, 0.25) is 0 Å². The molecule has 0 aromatic heterocycles. The van der Waals surface area contributed by atoms with Gasteiger partial charge in [-0.1, -0.05) is 118 Å². The fourth-order valence-electron chi connectivity index (χ4n) is 3.11. The van der Waals surface area contributed by atoms with Crippen molar-refractivity contribution >= 4 is 0 Å². The van der Waals surface area contributed by atoms with E-state index in [1.54, 1.807) is 0 Å². The molecule has 148 valence electrons. The van der Waals surface area contributed by atoms with Crippen LogP contribution < -0.4 is 0 Å². The number of hydrogen-bond acceptors (Lipinski definition) is 0. The molecule has 2 unspecified atom stereocenters. The van der Waals surface area contributed by atoms with Crippen LogP contribution in [0.3, 0.4) is 0 Å². The summed E-state index contributed by atoms with van der Waals surface area (Å²) in [6.07, 6.45) is 21.8. The van der Waals surface area contributed by atoms with Crippen LogP contribution in [0.5, 0.6) is 0 Å². The molecule has 0 nitrogen and oxygen atoms in total. The molecule has 0 rings (SSSR count). The van der Waals surface area contributed by atoms with Gasteiger partial charge in [-0.25, -0.2) is 0 Å². The molecule has 0 aliphatic rings. The van der Waals surface area contributed by atoms with E-state index >= 15 is 0 Å². The fourth-order valence-corrected chi connectivity index (χ4v) is 3.11. The van der Waals surface area contributed by atoms with Gasteiger partial charge >= 0.3 is 27.3 Å². The third-order valence-electron chi connectivity index (χ3n) is 4.99. The third-order valence-corrected chi connectivity index (χ3v) is 4.99. The fraction of sp³-hybridized carbons (Fsp3) is 0.917. The van der Waals surface area contributed by atoms with Crippen LogP contribution in [0.2, 0.25) is 0 Å². The number of unbranched alkanes of at least 4 members (excludes halogenated alkanes) is 8. The maximum atomic E-state index is 3.87. The van der Waals surface area contributed by atoms with Crippen LogP contribution in [0.1, 0.15) is 130 Å². The Labute approximate surface area is 182 Å². The third kappa shape index (κ3) is 29.9. The first kappa shape index (κ1) is 30.6. The van der Waals surface area contributed by atoms with Crippen molar-refractivity contribution in [3.63, 3.8) is 0 Å². The molecule has 0 aromatic rings. The molecule has 25 heavy (non-hydrogen) atoms. The molecular weight excluding hydrogens is 401 g/mol. The van der Waals surface area contributed by atoms with Crippen molar-refractivity contribution in [1.29, 1.82) is 0 Å². The molecule has 0 spiro atoms. The van der Waals surface area contributed by atoms with Crippen molar-refractivity contribution in [3.8, 4) is 0 Å². The van der Waals surface area contributed by atoms with Crippen molar-refractivity contribution < 1.29 is 27.3 Å².